The molecule has 1 heterocycles. The molecule has 0 atom stereocenters. The lowest BCUT2D eigenvalue weighted by atomic mass is 9.93. The molecule has 0 bridgehead atoms. The predicted molar refractivity (Wildman–Crippen MR) is 138 cm³/mol. The van der Waals surface area contributed by atoms with Crippen molar-refractivity contribution in [2.24, 2.45) is 0 Å². The molecule has 36 heavy (non-hydrogen) atoms. The van der Waals surface area contributed by atoms with Crippen LogP contribution in [0.3, 0.4) is 0 Å². The van der Waals surface area contributed by atoms with E-state index in [0.29, 0.717) is 23.4 Å². The number of allylic oxidation sites excluding steroid dienone is 4. The smallest absolute Gasteiger partial charge is 0.258 e. The van der Waals surface area contributed by atoms with Crippen LogP contribution in [0, 0.1) is 5.82 Å². The molecule has 2 aliphatic carbocycles. The molecule has 1 amide bonds. The van der Waals surface area contributed by atoms with Gasteiger partial charge in [-0.05, 0) is 65.3 Å². The molecular formula is C30H28FN3O2. The highest BCUT2D eigenvalue weighted by molar-refractivity contribution is 6.04. The molecule has 5 nitrogen and oxygen atoms in total. The summed E-state index contributed by atoms with van der Waals surface area (Å²) >= 11 is 0. The highest BCUT2D eigenvalue weighted by Gasteiger charge is 2.23. The second-order valence-electron chi connectivity index (χ2n) is 9.34. The number of Topliss-reactive ketones (excluding diaryl/α,β-unsaturated/α-hetero) is 1. The Morgan fingerprint density at radius 2 is 1.92 bits per heavy atom. The first-order valence-electron chi connectivity index (χ1n) is 12.3. The quantitative estimate of drug-likeness (QED) is 0.458. The first kappa shape index (κ1) is 23.7. The maximum absolute atomic E-state index is 13.1. The molecule has 182 valence electrons. The summed E-state index contributed by atoms with van der Waals surface area (Å²) in [5.74, 6) is -0.522. The number of unbranched alkanes of at least 4 members (excludes halogenated alkanes) is 1. The van der Waals surface area contributed by atoms with Gasteiger partial charge in [0.25, 0.3) is 5.91 Å². The third-order valence-electron chi connectivity index (χ3n) is 6.60. The van der Waals surface area contributed by atoms with Gasteiger partial charge < -0.3 is 5.32 Å². The number of rotatable bonds is 8. The highest BCUT2D eigenvalue weighted by Crippen LogP contribution is 2.33. The molecule has 2 aromatic carbocycles. The van der Waals surface area contributed by atoms with E-state index in [-0.39, 0.29) is 23.9 Å². The molecule has 3 aromatic rings. The average Bonchev–Trinajstić information content (AvgIpc) is 3.52. The van der Waals surface area contributed by atoms with Crippen LogP contribution < -0.4 is 5.32 Å². The molecule has 6 heteroatoms. The normalized spacial score (nSPS) is 14.7. The third-order valence-corrected chi connectivity index (χ3v) is 6.60. The van der Waals surface area contributed by atoms with Crippen molar-refractivity contribution in [2.45, 2.75) is 45.6 Å². The van der Waals surface area contributed by atoms with Gasteiger partial charge in [0.15, 0.2) is 5.78 Å². The molecule has 0 aliphatic heterocycles. The van der Waals surface area contributed by atoms with Crippen molar-refractivity contribution in [3.05, 3.63) is 117 Å². The van der Waals surface area contributed by atoms with Crippen LogP contribution in [-0.4, -0.2) is 21.5 Å². The Kier molecular flexibility index (Phi) is 6.76. The Balaban J connectivity index is 1.27. The fourth-order valence-corrected chi connectivity index (χ4v) is 4.61. The molecule has 0 saturated carbocycles. The van der Waals surface area contributed by atoms with Crippen molar-refractivity contribution in [2.75, 3.05) is 0 Å². The molecule has 0 saturated heterocycles. The summed E-state index contributed by atoms with van der Waals surface area (Å²) in [7, 11) is 0. The van der Waals surface area contributed by atoms with Crippen LogP contribution in [0.5, 0.6) is 0 Å². The molecule has 1 aromatic heterocycles. The summed E-state index contributed by atoms with van der Waals surface area (Å²) in [5.41, 5.74) is 7.30. The summed E-state index contributed by atoms with van der Waals surface area (Å²) in [4.78, 5) is 25.6. The fraction of sp³-hybridized carbons (Fsp3) is 0.233. The number of benzene rings is 2. The van der Waals surface area contributed by atoms with Gasteiger partial charge in [0.1, 0.15) is 5.82 Å². The van der Waals surface area contributed by atoms with Gasteiger partial charge in [0, 0.05) is 23.9 Å². The van der Waals surface area contributed by atoms with E-state index < -0.39 is 0 Å². The average molecular weight is 482 g/mol. The maximum Gasteiger partial charge on any atom is 0.258 e. The van der Waals surface area contributed by atoms with Crippen LogP contribution in [0.15, 0.2) is 83.9 Å². The van der Waals surface area contributed by atoms with Crippen LogP contribution in [0.1, 0.15) is 58.8 Å². The van der Waals surface area contributed by atoms with E-state index in [9.17, 15) is 14.0 Å². The Bertz CT molecular complexity index is 1410. The molecule has 5 rings (SSSR count). The van der Waals surface area contributed by atoms with E-state index in [4.69, 9.17) is 0 Å². The Morgan fingerprint density at radius 1 is 1.11 bits per heavy atom. The van der Waals surface area contributed by atoms with Crippen molar-refractivity contribution >= 4 is 17.8 Å². The number of aromatic nitrogens is 2. The first-order valence-corrected chi connectivity index (χ1v) is 12.3. The van der Waals surface area contributed by atoms with Crippen LogP contribution in [0.2, 0.25) is 0 Å². The number of ketones is 1. The largest absolute Gasteiger partial charge is 0.322 e. The summed E-state index contributed by atoms with van der Waals surface area (Å²) in [6.07, 6.45) is 13.2. The predicted octanol–water partition coefficient (Wildman–Crippen LogP) is 5.57. The monoisotopic (exact) mass is 481 g/mol. The number of aryl methyl sites for hydroxylation is 1. The Hall–Kier alpha value is -4.06. The fourth-order valence-electron chi connectivity index (χ4n) is 4.61. The number of fused-ring (bicyclic) bond motifs is 1. The molecule has 2 aliphatic rings. The van der Waals surface area contributed by atoms with E-state index >= 15 is 0 Å². The van der Waals surface area contributed by atoms with Crippen LogP contribution in [-0.2, 0) is 24.2 Å². The highest BCUT2D eigenvalue weighted by atomic mass is 19.1. The molecule has 0 fully saturated rings. The Morgan fingerprint density at radius 3 is 2.72 bits per heavy atom. The van der Waals surface area contributed by atoms with Gasteiger partial charge in [-0.1, -0.05) is 55.8 Å². The van der Waals surface area contributed by atoms with E-state index in [0.717, 1.165) is 36.8 Å². The zero-order valence-electron chi connectivity index (χ0n) is 20.3. The minimum atomic E-state index is -0.292. The number of carbonyl (C=O) groups is 2. The van der Waals surface area contributed by atoms with E-state index in [1.807, 2.05) is 0 Å². The van der Waals surface area contributed by atoms with Gasteiger partial charge in [-0.25, -0.2) is 4.39 Å². The minimum absolute atomic E-state index is 0.0605. The number of nitrogens with one attached hydrogen (secondary N) is 1. The molecule has 0 spiro atoms. The third kappa shape index (κ3) is 5.28. The number of amides is 1. The number of nitrogens with zero attached hydrogens (tertiary/aromatic N) is 2. The lowest BCUT2D eigenvalue weighted by Gasteiger charge is -2.15. The zero-order chi connectivity index (χ0) is 25.1. The SMILES string of the molecule is CCCCc1ccc2c(c1)C=C(C1=CC(NC(=O)c3cnn(Cc4ccc(F)cc4)c3)=CCC1=O)C2. The van der Waals surface area contributed by atoms with Crippen molar-refractivity contribution in [3.63, 3.8) is 0 Å². The van der Waals surface area contributed by atoms with Crippen molar-refractivity contribution in [1.82, 2.24) is 15.1 Å². The number of carbonyl (C=O) groups excluding carboxylic acids is 2. The van der Waals surface area contributed by atoms with Crippen LogP contribution >= 0.6 is 0 Å². The molecular weight excluding hydrogens is 453 g/mol. The van der Waals surface area contributed by atoms with Crippen molar-refractivity contribution in [3.8, 4) is 0 Å². The van der Waals surface area contributed by atoms with E-state index in [1.165, 1.54) is 35.0 Å². The van der Waals surface area contributed by atoms with E-state index in [1.54, 1.807) is 35.2 Å². The number of hydrogen-bond acceptors (Lipinski definition) is 3. The van der Waals surface area contributed by atoms with Gasteiger partial charge in [0.2, 0.25) is 0 Å². The number of halogens is 1. The summed E-state index contributed by atoms with van der Waals surface area (Å²) in [6, 6.07) is 12.8. The Labute approximate surface area is 210 Å². The lowest BCUT2D eigenvalue weighted by Crippen LogP contribution is -2.24. The van der Waals surface area contributed by atoms with Crippen LogP contribution in [0.4, 0.5) is 4.39 Å². The number of hydrogen-bond donors (Lipinski definition) is 1. The van der Waals surface area contributed by atoms with Crippen LogP contribution in [0.25, 0.3) is 6.08 Å². The summed E-state index contributed by atoms with van der Waals surface area (Å²) in [5, 5.41) is 7.16. The summed E-state index contributed by atoms with van der Waals surface area (Å²) in [6.45, 7) is 2.63. The van der Waals surface area contributed by atoms with Gasteiger partial charge in [-0.3, -0.25) is 14.3 Å². The molecule has 1 N–H and O–H groups in total. The minimum Gasteiger partial charge on any atom is -0.322 e. The van der Waals surface area contributed by atoms with E-state index in [2.05, 4.69) is 41.6 Å². The van der Waals surface area contributed by atoms with Gasteiger partial charge in [-0.15, -0.1) is 0 Å². The van der Waals surface area contributed by atoms with Gasteiger partial charge in [-0.2, -0.15) is 5.10 Å². The van der Waals surface area contributed by atoms with Crippen molar-refractivity contribution in [1.29, 1.82) is 0 Å². The standard InChI is InChI=1S/C30H28FN3O2/c1-2-3-4-20-5-8-22-14-24(15-23(22)13-20)28-16-27(11-12-29(28)35)33-30(36)25-17-32-34(19-25)18-21-6-9-26(31)10-7-21/h5-11,13,15-17,19H,2-4,12,14,18H2,1H3,(H,33,36). The molecule has 0 unspecified atom stereocenters. The van der Waals surface area contributed by atoms with Gasteiger partial charge in [0.05, 0.1) is 18.3 Å². The topological polar surface area (TPSA) is 64.0 Å². The van der Waals surface area contributed by atoms with Gasteiger partial charge >= 0.3 is 0 Å². The first-order chi connectivity index (χ1) is 17.5. The zero-order valence-corrected chi connectivity index (χ0v) is 20.3. The summed E-state index contributed by atoms with van der Waals surface area (Å²) < 4.78 is 14.8. The lowest BCUT2D eigenvalue weighted by molar-refractivity contribution is -0.114. The maximum atomic E-state index is 13.1. The second kappa shape index (κ2) is 10.3. The van der Waals surface area contributed by atoms with Crippen molar-refractivity contribution < 1.29 is 14.0 Å². The molecule has 0 radical (unpaired) electrons. The second-order valence-corrected chi connectivity index (χ2v) is 9.34.